The van der Waals surface area contributed by atoms with E-state index < -0.39 is 23.9 Å². The summed E-state index contributed by atoms with van der Waals surface area (Å²) in [6.45, 7) is 8.53. The van der Waals surface area contributed by atoms with Gasteiger partial charge in [-0.15, -0.1) is 0 Å². The van der Waals surface area contributed by atoms with E-state index in [1.165, 1.54) is 0 Å². The first kappa shape index (κ1) is 13.4. The summed E-state index contributed by atoms with van der Waals surface area (Å²) in [4.78, 5) is 0. The van der Waals surface area contributed by atoms with Crippen LogP contribution in [0.1, 0.15) is 25.7 Å². The van der Waals surface area contributed by atoms with Gasteiger partial charge in [-0.1, -0.05) is 13.0 Å². The van der Waals surface area contributed by atoms with Gasteiger partial charge in [0, 0.05) is 6.42 Å². The fourth-order valence-electron chi connectivity index (χ4n) is 2.09. The third-order valence-corrected chi connectivity index (χ3v) is 4.42. The molecule has 5 heteroatoms. The maximum atomic E-state index is 10.4. The monoisotopic (exact) mass is 248 g/mol. The van der Waals surface area contributed by atoms with Gasteiger partial charge in [0.05, 0.1) is 6.10 Å². The zero-order valence-electron chi connectivity index (χ0n) is 10.4. The average Bonchev–Trinajstić information content (AvgIpc) is 2.07. The smallest absolute Gasteiger partial charge is 0.184 e. The molecule has 0 bridgehead atoms. The lowest BCUT2D eigenvalue weighted by atomic mass is 9.92. The molecule has 1 aliphatic carbocycles. The standard InChI is InChI=1S/C10H24O3Si2/c1-14-13-10(11)8-6-5-7-9(10)12-15(2,3)4/h9,11H,5-8,14H2,1-4H3. The normalized spacial score (nSPS) is 33.8. The Morgan fingerprint density at radius 2 is 2.00 bits per heavy atom. The Balaban J connectivity index is 2.65. The Hall–Kier alpha value is 0.314. The molecule has 0 aromatic carbocycles. The van der Waals surface area contributed by atoms with Crippen LogP contribution in [0, 0.1) is 0 Å². The third kappa shape index (κ3) is 3.99. The SMILES string of the molecule is C[SiH2]OC1(O)CCCCC1O[Si](C)(C)C. The topological polar surface area (TPSA) is 38.7 Å². The number of hydrogen-bond acceptors (Lipinski definition) is 3. The summed E-state index contributed by atoms with van der Waals surface area (Å²) >= 11 is 0. The highest BCUT2D eigenvalue weighted by Gasteiger charge is 2.42. The third-order valence-electron chi connectivity index (χ3n) is 2.64. The summed E-state index contributed by atoms with van der Waals surface area (Å²) in [7, 11) is -2.17. The lowest BCUT2D eigenvalue weighted by Crippen LogP contribution is -2.52. The molecule has 1 saturated carbocycles. The van der Waals surface area contributed by atoms with Crippen molar-refractivity contribution in [3.05, 3.63) is 0 Å². The van der Waals surface area contributed by atoms with Crippen molar-refractivity contribution in [3.63, 3.8) is 0 Å². The van der Waals surface area contributed by atoms with Crippen LogP contribution < -0.4 is 0 Å². The van der Waals surface area contributed by atoms with Crippen LogP contribution in [-0.2, 0) is 8.85 Å². The summed E-state index contributed by atoms with van der Waals surface area (Å²) in [5, 5.41) is 10.4. The molecule has 0 aromatic heterocycles. The first-order chi connectivity index (χ1) is 6.87. The highest BCUT2D eigenvalue weighted by atomic mass is 28.4. The van der Waals surface area contributed by atoms with Gasteiger partial charge in [-0.05, 0) is 32.5 Å². The first-order valence-corrected chi connectivity index (χ1v) is 11.3. The largest absolute Gasteiger partial charge is 0.409 e. The second-order valence-corrected chi connectivity index (χ2v) is 10.6. The molecule has 0 saturated heterocycles. The van der Waals surface area contributed by atoms with Crippen molar-refractivity contribution in [2.24, 2.45) is 0 Å². The molecule has 1 rings (SSSR count). The fourth-order valence-corrected chi connectivity index (χ4v) is 4.07. The Kier molecular flexibility index (Phi) is 4.55. The lowest BCUT2D eigenvalue weighted by molar-refractivity contribution is -0.216. The highest BCUT2D eigenvalue weighted by molar-refractivity contribution is 6.69. The lowest BCUT2D eigenvalue weighted by Gasteiger charge is -2.42. The molecule has 1 fully saturated rings. The molecule has 0 radical (unpaired) electrons. The van der Waals surface area contributed by atoms with E-state index in [2.05, 4.69) is 26.2 Å². The maximum absolute atomic E-state index is 10.4. The van der Waals surface area contributed by atoms with Crippen LogP contribution in [-0.4, -0.2) is 35.1 Å². The Morgan fingerprint density at radius 3 is 2.53 bits per heavy atom. The van der Waals surface area contributed by atoms with Crippen molar-refractivity contribution in [1.82, 2.24) is 0 Å². The molecule has 2 atom stereocenters. The molecule has 0 aromatic rings. The fraction of sp³-hybridized carbons (Fsp3) is 1.00. The van der Waals surface area contributed by atoms with Gasteiger partial charge in [0.25, 0.3) is 0 Å². The molecule has 1 N–H and O–H groups in total. The van der Waals surface area contributed by atoms with E-state index in [1.807, 2.05) is 0 Å². The van der Waals surface area contributed by atoms with Gasteiger partial charge >= 0.3 is 0 Å². The van der Waals surface area contributed by atoms with E-state index in [0.717, 1.165) is 25.7 Å². The van der Waals surface area contributed by atoms with Gasteiger partial charge < -0.3 is 14.0 Å². The van der Waals surface area contributed by atoms with Crippen molar-refractivity contribution in [3.8, 4) is 0 Å². The average molecular weight is 248 g/mol. The first-order valence-electron chi connectivity index (χ1n) is 5.91. The highest BCUT2D eigenvalue weighted by Crippen LogP contribution is 2.33. The van der Waals surface area contributed by atoms with E-state index in [-0.39, 0.29) is 6.10 Å². The molecule has 15 heavy (non-hydrogen) atoms. The van der Waals surface area contributed by atoms with E-state index in [0.29, 0.717) is 0 Å². The number of aliphatic hydroxyl groups is 1. The number of rotatable bonds is 4. The van der Waals surface area contributed by atoms with Crippen LogP contribution in [0.4, 0.5) is 0 Å². The molecular weight excluding hydrogens is 224 g/mol. The maximum Gasteiger partial charge on any atom is 0.184 e. The van der Waals surface area contributed by atoms with Crippen molar-refractivity contribution in [1.29, 1.82) is 0 Å². The van der Waals surface area contributed by atoms with Gasteiger partial charge in [0.15, 0.2) is 23.9 Å². The summed E-state index contributed by atoms with van der Waals surface area (Å²) < 4.78 is 11.7. The summed E-state index contributed by atoms with van der Waals surface area (Å²) in [6.07, 6.45) is 3.78. The van der Waals surface area contributed by atoms with E-state index in [1.54, 1.807) is 0 Å². The van der Waals surface area contributed by atoms with E-state index >= 15 is 0 Å². The number of hydrogen-bond donors (Lipinski definition) is 1. The van der Waals surface area contributed by atoms with Gasteiger partial charge in [0.2, 0.25) is 0 Å². The summed E-state index contributed by atoms with van der Waals surface area (Å²) in [5.41, 5.74) is 0. The molecule has 0 amide bonds. The Morgan fingerprint density at radius 1 is 1.33 bits per heavy atom. The van der Waals surface area contributed by atoms with Gasteiger partial charge in [-0.25, -0.2) is 0 Å². The van der Waals surface area contributed by atoms with Crippen molar-refractivity contribution in [2.45, 2.75) is 63.8 Å². The van der Waals surface area contributed by atoms with Crippen LogP contribution in [0.2, 0.25) is 26.2 Å². The van der Waals surface area contributed by atoms with Crippen LogP contribution in [0.15, 0.2) is 0 Å². The molecular formula is C10H24O3Si2. The van der Waals surface area contributed by atoms with Crippen molar-refractivity contribution in [2.75, 3.05) is 0 Å². The van der Waals surface area contributed by atoms with Crippen LogP contribution in [0.25, 0.3) is 0 Å². The quantitative estimate of drug-likeness (QED) is 0.607. The molecule has 0 aliphatic heterocycles. The van der Waals surface area contributed by atoms with Crippen molar-refractivity contribution >= 4 is 18.1 Å². The van der Waals surface area contributed by atoms with E-state index in [4.69, 9.17) is 8.85 Å². The van der Waals surface area contributed by atoms with Crippen molar-refractivity contribution < 1.29 is 14.0 Å². The van der Waals surface area contributed by atoms with Gasteiger partial charge in [-0.3, -0.25) is 0 Å². The molecule has 1 aliphatic rings. The molecule has 2 unspecified atom stereocenters. The van der Waals surface area contributed by atoms with Crippen LogP contribution in [0.5, 0.6) is 0 Å². The molecule has 3 nitrogen and oxygen atoms in total. The zero-order chi connectivity index (χ0) is 11.5. The predicted molar refractivity (Wildman–Crippen MR) is 67.1 cm³/mol. The minimum atomic E-state index is -1.59. The summed E-state index contributed by atoms with van der Waals surface area (Å²) in [5.74, 6) is -0.973. The minimum absolute atomic E-state index is 0.0923. The predicted octanol–water partition coefficient (Wildman–Crippen LogP) is 1.62. The summed E-state index contributed by atoms with van der Waals surface area (Å²) in [6, 6.07) is 0. The molecule has 90 valence electrons. The van der Waals surface area contributed by atoms with Gasteiger partial charge in [-0.2, -0.15) is 0 Å². The minimum Gasteiger partial charge on any atom is -0.409 e. The van der Waals surface area contributed by atoms with Crippen LogP contribution >= 0.6 is 0 Å². The Labute approximate surface area is 96.2 Å². The second kappa shape index (κ2) is 5.10. The second-order valence-electron chi connectivity index (χ2n) is 5.24. The molecule has 0 heterocycles. The van der Waals surface area contributed by atoms with Gasteiger partial charge in [0.1, 0.15) is 0 Å². The van der Waals surface area contributed by atoms with Crippen LogP contribution in [0.3, 0.4) is 0 Å². The van der Waals surface area contributed by atoms with E-state index in [9.17, 15) is 5.11 Å². The Bertz CT molecular complexity index is 201. The molecule has 0 spiro atoms. The zero-order valence-corrected chi connectivity index (χ0v) is 12.8.